The van der Waals surface area contributed by atoms with Crippen molar-refractivity contribution in [3.8, 4) is 0 Å². The molecule has 0 aliphatic rings. The molecule has 0 radical (unpaired) electrons. The van der Waals surface area contributed by atoms with Crippen LogP contribution in [-0.2, 0) is 14.3 Å². The molecule has 4 heteroatoms. The molecule has 0 spiro atoms. The molecular formula is C33H58O4. The van der Waals surface area contributed by atoms with Crippen molar-refractivity contribution in [2.45, 2.75) is 136 Å². The fraction of sp³-hybridized carbons (Fsp3) is 0.727. The summed E-state index contributed by atoms with van der Waals surface area (Å²) in [4.78, 5) is 11.5. The van der Waals surface area contributed by atoms with Crippen LogP contribution in [0.3, 0.4) is 0 Å². The summed E-state index contributed by atoms with van der Waals surface area (Å²) in [6.07, 6.45) is 38.4. The lowest BCUT2D eigenvalue weighted by Gasteiger charge is -2.15. The third-order valence-corrected chi connectivity index (χ3v) is 6.14. The van der Waals surface area contributed by atoms with Gasteiger partial charge in [0.05, 0.1) is 13.2 Å². The number of ether oxygens (including phenoxy) is 2. The Morgan fingerprint density at radius 2 is 1.16 bits per heavy atom. The van der Waals surface area contributed by atoms with Crippen molar-refractivity contribution in [1.29, 1.82) is 0 Å². The first-order valence-corrected chi connectivity index (χ1v) is 15.2. The van der Waals surface area contributed by atoms with Gasteiger partial charge in [0.2, 0.25) is 0 Å². The number of aliphatic hydroxyl groups excluding tert-OH is 1. The minimum Gasteiger partial charge on any atom is -0.457 e. The number of unbranched alkanes of at least 4 members (excludes halogenated alkanes) is 11. The number of rotatable bonds is 27. The van der Waals surface area contributed by atoms with E-state index >= 15 is 0 Å². The Balaban J connectivity index is 3.33. The Bertz CT molecular complexity index is 591. The molecule has 0 aliphatic carbocycles. The zero-order valence-electron chi connectivity index (χ0n) is 24.2. The van der Waals surface area contributed by atoms with Crippen molar-refractivity contribution >= 4 is 5.97 Å². The minimum absolute atomic E-state index is 0.180. The van der Waals surface area contributed by atoms with Gasteiger partial charge in [-0.2, -0.15) is 0 Å². The molecular weight excluding hydrogens is 460 g/mol. The first-order valence-electron chi connectivity index (χ1n) is 15.2. The van der Waals surface area contributed by atoms with Gasteiger partial charge in [-0.05, 0) is 51.4 Å². The summed E-state index contributed by atoms with van der Waals surface area (Å²) < 4.78 is 10.7. The normalized spacial score (nSPS) is 13.1. The van der Waals surface area contributed by atoms with E-state index in [0.29, 0.717) is 13.0 Å². The molecule has 0 bridgehead atoms. The van der Waals surface area contributed by atoms with Gasteiger partial charge in [-0.3, -0.25) is 4.79 Å². The average Bonchev–Trinajstić information content (AvgIpc) is 2.90. The summed E-state index contributed by atoms with van der Waals surface area (Å²) in [7, 11) is 0. The number of allylic oxidation sites excluding steroid dienone is 8. The second-order valence-corrected chi connectivity index (χ2v) is 9.80. The van der Waals surface area contributed by atoms with Gasteiger partial charge < -0.3 is 14.6 Å². The molecule has 0 saturated carbocycles. The van der Waals surface area contributed by atoms with Crippen molar-refractivity contribution in [1.82, 2.24) is 0 Å². The van der Waals surface area contributed by atoms with E-state index in [9.17, 15) is 9.90 Å². The SMILES string of the molecule is CC/C=C\C/C=C\C/C=C\C/C=C\CCCCCCCCCCCCCOCC(CO)OC(=O)CCC. The summed E-state index contributed by atoms with van der Waals surface area (Å²) in [6, 6.07) is 0. The molecule has 0 aromatic heterocycles. The van der Waals surface area contributed by atoms with Gasteiger partial charge >= 0.3 is 5.97 Å². The van der Waals surface area contributed by atoms with Crippen LogP contribution in [0.2, 0.25) is 0 Å². The van der Waals surface area contributed by atoms with E-state index in [2.05, 4.69) is 55.5 Å². The predicted octanol–water partition coefficient (Wildman–Crippen LogP) is 9.19. The molecule has 0 rings (SSSR count). The predicted molar refractivity (Wildman–Crippen MR) is 159 cm³/mol. The first-order chi connectivity index (χ1) is 18.2. The molecule has 0 saturated heterocycles. The van der Waals surface area contributed by atoms with Crippen LogP contribution in [0.4, 0.5) is 0 Å². The maximum Gasteiger partial charge on any atom is 0.306 e. The molecule has 1 N–H and O–H groups in total. The number of esters is 1. The molecule has 214 valence electrons. The summed E-state index contributed by atoms with van der Waals surface area (Å²) in [5.74, 6) is -0.257. The van der Waals surface area contributed by atoms with E-state index in [1.54, 1.807) is 0 Å². The van der Waals surface area contributed by atoms with Crippen molar-refractivity contribution in [2.24, 2.45) is 0 Å². The summed E-state index contributed by atoms with van der Waals surface area (Å²) in [5.41, 5.74) is 0. The van der Waals surface area contributed by atoms with E-state index in [-0.39, 0.29) is 19.2 Å². The van der Waals surface area contributed by atoms with Crippen molar-refractivity contribution < 1.29 is 19.4 Å². The van der Waals surface area contributed by atoms with Gasteiger partial charge in [-0.1, -0.05) is 120 Å². The number of carbonyl (C=O) groups is 1. The molecule has 1 unspecified atom stereocenters. The lowest BCUT2D eigenvalue weighted by molar-refractivity contribution is -0.154. The van der Waals surface area contributed by atoms with Gasteiger partial charge in [0.25, 0.3) is 0 Å². The quantitative estimate of drug-likeness (QED) is 0.0669. The molecule has 0 heterocycles. The topological polar surface area (TPSA) is 55.8 Å². The van der Waals surface area contributed by atoms with Gasteiger partial charge in [0.15, 0.2) is 0 Å². The van der Waals surface area contributed by atoms with Crippen molar-refractivity contribution in [3.05, 3.63) is 48.6 Å². The maximum atomic E-state index is 11.5. The fourth-order valence-electron chi connectivity index (χ4n) is 3.94. The Labute approximate surface area is 229 Å². The number of carbonyl (C=O) groups excluding carboxylic acids is 1. The molecule has 0 fully saturated rings. The van der Waals surface area contributed by atoms with E-state index in [0.717, 1.165) is 38.5 Å². The molecule has 0 amide bonds. The Hall–Kier alpha value is -1.65. The van der Waals surface area contributed by atoms with Gasteiger partial charge in [0, 0.05) is 13.0 Å². The second kappa shape index (κ2) is 30.6. The van der Waals surface area contributed by atoms with Crippen LogP contribution in [0.5, 0.6) is 0 Å². The zero-order valence-corrected chi connectivity index (χ0v) is 24.2. The molecule has 1 atom stereocenters. The monoisotopic (exact) mass is 518 g/mol. The first kappa shape index (κ1) is 35.4. The Morgan fingerprint density at radius 3 is 1.68 bits per heavy atom. The van der Waals surface area contributed by atoms with E-state index in [4.69, 9.17) is 9.47 Å². The van der Waals surface area contributed by atoms with E-state index in [1.807, 2.05) is 6.92 Å². The van der Waals surface area contributed by atoms with Crippen LogP contribution in [0.25, 0.3) is 0 Å². The molecule has 4 nitrogen and oxygen atoms in total. The molecule has 0 aliphatic heterocycles. The summed E-state index contributed by atoms with van der Waals surface area (Å²) in [5, 5.41) is 9.27. The maximum absolute atomic E-state index is 11.5. The second-order valence-electron chi connectivity index (χ2n) is 9.80. The zero-order chi connectivity index (χ0) is 27.1. The van der Waals surface area contributed by atoms with Crippen molar-refractivity contribution in [3.63, 3.8) is 0 Å². The lowest BCUT2D eigenvalue weighted by Crippen LogP contribution is -2.27. The number of hydrogen-bond donors (Lipinski definition) is 1. The number of aliphatic hydroxyl groups is 1. The highest BCUT2D eigenvalue weighted by Crippen LogP contribution is 2.12. The molecule has 0 aromatic carbocycles. The van der Waals surface area contributed by atoms with Crippen LogP contribution in [0, 0.1) is 0 Å². The Kier molecular flexibility index (Phi) is 29.2. The van der Waals surface area contributed by atoms with Crippen LogP contribution in [0.1, 0.15) is 129 Å². The summed E-state index contributed by atoms with van der Waals surface area (Å²) in [6.45, 7) is 4.87. The van der Waals surface area contributed by atoms with Gasteiger partial charge in [0.1, 0.15) is 6.10 Å². The van der Waals surface area contributed by atoms with Crippen molar-refractivity contribution in [2.75, 3.05) is 19.8 Å². The van der Waals surface area contributed by atoms with Gasteiger partial charge in [-0.25, -0.2) is 0 Å². The standard InChI is InChI=1S/C33H58O4/c1-3-5-6-7-8-9-10-11-12-13-14-15-16-17-18-19-20-21-22-23-24-25-26-27-29-36-31-32(30-34)37-33(35)28-4-2/h5-6,8-9,11-12,14-15,32,34H,3-4,7,10,13,16-31H2,1-2H3/b6-5-,9-8-,12-11-,15-14-. The lowest BCUT2D eigenvalue weighted by atomic mass is 10.1. The fourth-order valence-corrected chi connectivity index (χ4v) is 3.94. The largest absolute Gasteiger partial charge is 0.457 e. The van der Waals surface area contributed by atoms with E-state index < -0.39 is 6.10 Å². The summed E-state index contributed by atoms with van der Waals surface area (Å²) >= 11 is 0. The highest BCUT2D eigenvalue weighted by atomic mass is 16.6. The van der Waals surface area contributed by atoms with Gasteiger partial charge in [-0.15, -0.1) is 0 Å². The minimum atomic E-state index is -0.529. The smallest absolute Gasteiger partial charge is 0.306 e. The highest BCUT2D eigenvalue weighted by molar-refractivity contribution is 5.69. The van der Waals surface area contributed by atoms with Crippen LogP contribution in [-0.4, -0.2) is 37.0 Å². The Morgan fingerprint density at radius 1 is 0.676 bits per heavy atom. The average molecular weight is 519 g/mol. The van der Waals surface area contributed by atoms with Crippen LogP contribution in [0.15, 0.2) is 48.6 Å². The molecule has 37 heavy (non-hydrogen) atoms. The third kappa shape index (κ3) is 28.8. The van der Waals surface area contributed by atoms with Crippen LogP contribution < -0.4 is 0 Å². The van der Waals surface area contributed by atoms with E-state index in [1.165, 1.54) is 70.6 Å². The molecule has 0 aromatic rings. The number of hydrogen-bond acceptors (Lipinski definition) is 4. The highest BCUT2D eigenvalue weighted by Gasteiger charge is 2.12. The third-order valence-electron chi connectivity index (χ3n) is 6.14. The van der Waals surface area contributed by atoms with Crippen LogP contribution >= 0.6 is 0 Å².